The van der Waals surface area contributed by atoms with E-state index in [4.69, 9.17) is 14.0 Å². The summed E-state index contributed by atoms with van der Waals surface area (Å²) >= 11 is 0. The Morgan fingerprint density at radius 2 is 1.74 bits per heavy atom. The van der Waals surface area contributed by atoms with Crippen LogP contribution < -0.4 is 10.4 Å². The predicted octanol–water partition coefficient (Wildman–Crippen LogP) is 4.28. The molecule has 0 bridgehead atoms. The highest BCUT2D eigenvalue weighted by atomic mass is 19.1. The number of carbonyl (C=O) groups excluding carboxylic acids is 1. The van der Waals surface area contributed by atoms with Crippen molar-refractivity contribution in [2.24, 2.45) is 0 Å². The van der Waals surface area contributed by atoms with E-state index in [0.717, 1.165) is 0 Å². The second kappa shape index (κ2) is 7.43. The molecule has 0 aromatic heterocycles. The van der Waals surface area contributed by atoms with Gasteiger partial charge < -0.3 is 14.0 Å². The first-order valence-corrected chi connectivity index (χ1v) is 9.43. The first kappa shape index (κ1) is 21.7. The molecule has 5 nitrogen and oxygen atoms in total. The molecule has 27 heavy (non-hydrogen) atoms. The van der Waals surface area contributed by atoms with Gasteiger partial charge in [0.15, 0.2) is 0 Å². The normalized spacial score (nSPS) is 18.5. The summed E-state index contributed by atoms with van der Waals surface area (Å²) in [5.74, 6) is -0.512. The zero-order chi connectivity index (χ0) is 20.6. The lowest BCUT2D eigenvalue weighted by Gasteiger charge is -2.32. The molecule has 2 rings (SSSR count). The lowest BCUT2D eigenvalue weighted by atomic mass is 9.79. The molecular formula is C20H31BFNO4. The molecule has 1 heterocycles. The molecule has 7 heteroatoms. The van der Waals surface area contributed by atoms with Gasteiger partial charge in [0.05, 0.1) is 16.9 Å². The SMILES string of the molecule is CCCN(C(=O)OC(C)(C)C)c1ccc(B2OC(C)(C)C(C)(C)O2)cc1F. The van der Waals surface area contributed by atoms with Crippen molar-refractivity contribution in [2.45, 2.75) is 78.6 Å². The topological polar surface area (TPSA) is 48.0 Å². The summed E-state index contributed by atoms with van der Waals surface area (Å²) in [5.41, 5.74) is -0.890. The molecule has 1 aliphatic rings. The van der Waals surface area contributed by atoms with Gasteiger partial charge in [-0.05, 0) is 72.5 Å². The van der Waals surface area contributed by atoms with Crippen molar-refractivity contribution in [2.75, 3.05) is 11.4 Å². The summed E-state index contributed by atoms with van der Waals surface area (Å²) < 4.78 is 32.3. The fourth-order valence-electron chi connectivity index (χ4n) is 2.72. The molecule has 1 amide bonds. The Morgan fingerprint density at radius 1 is 1.19 bits per heavy atom. The Morgan fingerprint density at radius 3 is 2.19 bits per heavy atom. The Balaban J connectivity index is 2.28. The van der Waals surface area contributed by atoms with E-state index < -0.39 is 35.8 Å². The van der Waals surface area contributed by atoms with Gasteiger partial charge in [0.1, 0.15) is 11.4 Å². The van der Waals surface area contributed by atoms with Gasteiger partial charge in [0, 0.05) is 6.54 Å². The highest BCUT2D eigenvalue weighted by molar-refractivity contribution is 6.62. The van der Waals surface area contributed by atoms with Crippen molar-refractivity contribution in [1.82, 2.24) is 0 Å². The second-order valence-electron chi connectivity index (χ2n) is 8.93. The number of anilines is 1. The van der Waals surface area contributed by atoms with Crippen molar-refractivity contribution in [3.8, 4) is 0 Å². The van der Waals surface area contributed by atoms with E-state index in [0.29, 0.717) is 18.4 Å². The number of amides is 1. The predicted molar refractivity (Wildman–Crippen MR) is 106 cm³/mol. The van der Waals surface area contributed by atoms with Crippen LogP contribution in [0.25, 0.3) is 0 Å². The number of rotatable bonds is 4. The molecule has 0 radical (unpaired) electrons. The lowest BCUT2D eigenvalue weighted by Crippen LogP contribution is -2.41. The average molecular weight is 379 g/mol. The maximum Gasteiger partial charge on any atom is 0.494 e. The van der Waals surface area contributed by atoms with Gasteiger partial charge in [-0.2, -0.15) is 0 Å². The number of halogens is 1. The van der Waals surface area contributed by atoms with Crippen molar-refractivity contribution in [3.63, 3.8) is 0 Å². The third kappa shape index (κ3) is 4.82. The zero-order valence-electron chi connectivity index (χ0n) is 17.7. The molecule has 0 N–H and O–H groups in total. The van der Waals surface area contributed by atoms with E-state index >= 15 is 0 Å². The summed E-state index contributed by atoms with van der Waals surface area (Å²) in [6, 6.07) is 4.67. The maximum atomic E-state index is 14.9. The highest BCUT2D eigenvalue weighted by Crippen LogP contribution is 2.36. The summed E-state index contributed by atoms with van der Waals surface area (Å²) in [6.07, 6.45) is 0.115. The van der Waals surface area contributed by atoms with Gasteiger partial charge in [-0.1, -0.05) is 13.0 Å². The van der Waals surface area contributed by atoms with Gasteiger partial charge in [-0.15, -0.1) is 0 Å². The van der Waals surface area contributed by atoms with Crippen LogP contribution in [-0.4, -0.2) is 36.6 Å². The van der Waals surface area contributed by atoms with Crippen LogP contribution in [0.5, 0.6) is 0 Å². The van der Waals surface area contributed by atoms with Crippen molar-refractivity contribution >= 4 is 24.4 Å². The van der Waals surface area contributed by atoms with E-state index in [1.54, 1.807) is 32.9 Å². The minimum absolute atomic E-state index is 0.186. The first-order valence-electron chi connectivity index (χ1n) is 9.43. The van der Waals surface area contributed by atoms with E-state index in [9.17, 15) is 9.18 Å². The molecule has 150 valence electrons. The number of carbonyl (C=O) groups is 1. The third-order valence-electron chi connectivity index (χ3n) is 4.85. The van der Waals surface area contributed by atoms with Crippen molar-refractivity contribution < 1.29 is 23.2 Å². The maximum absolute atomic E-state index is 14.9. The number of hydrogen-bond donors (Lipinski definition) is 0. The summed E-state index contributed by atoms with van der Waals surface area (Å²) in [4.78, 5) is 13.8. The molecule has 0 atom stereocenters. The van der Waals surface area contributed by atoms with Crippen LogP contribution in [0.1, 0.15) is 61.8 Å². The van der Waals surface area contributed by atoms with Crippen LogP contribution in [0.2, 0.25) is 0 Å². The Hall–Kier alpha value is -1.60. The van der Waals surface area contributed by atoms with E-state index in [1.807, 2.05) is 34.6 Å². The number of ether oxygens (including phenoxy) is 1. The standard InChI is InChI=1S/C20H31BFNO4/c1-9-12-23(17(24)25-18(2,3)4)16-11-10-14(13-15(16)22)21-26-19(5,6)20(7,8)27-21/h10-11,13H,9,12H2,1-8H3. The average Bonchev–Trinajstić information content (AvgIpc) is 2.71. The van der Waals surface area contributed by atoms with Crippen molar-refractivity contribution in [1.29, 1.82) is 0 Å². The molecule has 0 saturated carbocycles. The van der Waals surface area contributed by atoms with Gasteiger partial charge in [-0.25, -0.2) is 9.18 Å². The van der Waals surface area contributed by atoms with Crippen LogP contribution in [0.15, 0.2) is 18.2 Å². The largest absolute Gasteiger partial charge is 0.494 e. The summed E-state index contributed by atoms with van der Waals surface area (Å²) in [7, 11) is -0.653. The van der Waals surface area contributed by atoms with Crippen molar-refractivity contribution in [3.05, 3.63) is 24.0 Å². The van der Waals surface area contributed by atoms with E-state index in [-0.39, 0.29) is 5.69 Å². The van der Waals surface area contributed by atoms with Gasteiger partial charge in [0.2, 0.25) is 0 Å². The Bertz CT molecular complexity index is 684. The molecule has 0 spiro atoms. The monoisotopic (exact) mass is 379 g/mol. The number of nitrogens with zero attached hydrogens (tertiary/aromatic N) is 1. The molecule has 0 unspecified atom stereocenters. The molecular weight excluding hydrogens is 348 g/mol. The zero-order valence-corrected chi connectivity index (χ0v) is 17.7. The Labute approximate surface area is 162 Å². The summed E-state index contributed by atoms with van der Waals surface area (Å²) in [5, 5.41) is 0. The van der Waals surface area contributed by atoms with Crippen LogP contribution in [0, 0.1) is 5.82 Å². The molecule has 1 fully saturated rings. The fraction of sp³-hybridized carbons (Fsp3) is 0.650. The van der Waals surface area contributed by atoms with Crippen LogP contribution >= 0.6 is 0 Å². The molecule has 0 aliphatic carbocycles. The summed E-state index contributed by atoms with van der Waals surface area (Å²) in [6.45, 7) is 15.4. The number of benzene rings is 1. The molecule has 1 saturated heterocycles. The lowest BCUT2D eigenvalue weighted by molar-refractivity contribution is 0.00578. The van der Waals surface area contributed by atoms with Crippen LogP contribution in [0.3, 0.4) is 0 Å². The number of hydrogen-bond acceptors (Lipinski definition) is 4. The van der Waals surface area contributed by atoms with Gasteiger partial charge in [0.25, 0.3) is 0 Å². The molecule has 1 aromatic carbocycles. The molecule has 1 aromatic rings. The van der Waals surface area contributed by atoms with Gasteiger partial charge in [-0.3, -0.25) is 4.90 Å². The minimum Gasteiger partial charge on any atom is -0.443 e. The highest BCUT2D eigenvalue weighted by Gasteiger charge is 2.51. The van der Waals surface area contributed by atoms with E-state index in [1.165, 1.54) is 11.0 Å². The minimum atomic E-state index is -0.653. The van der Waals surface area contributed by atoms with Crippen LogP contribution in [-0.2, 0) is 14.0 Å². The van der Waals surface area contributed by atoms with Gasteiger partial charge >= 0.3 is 13.2 Å². The Kier molecular flexibility index (Phi) is 5.98. The molecule has 1 aliphatic heterocycles. The van der Waals surface area contributed by atoms with Crippen LogP contribution in [0.4, 0.5) is 14.9 Å². The smallest absolute Gasteiger partial charge is 0.443 e. The second-order valence-corrected chi connectivity index (χ2v) is 8.93. The fourth-order valence-corrected chi connectivity index (χ4v) is 2.72. The third-order valence-corrected chi connectivity index (χ3v) is 4.85. The van der Waals surface area contributed by atoms with E-state index in [2.05, 4.69) is 0 Å². The first-order chi connectivity index (χ1) is 12.3. The quantitative estimate of drug-likeness (QED) is 0.733.